The highest BCUT2D eigenvalue weighted by molar-refractivity contribution is 7.82. The number of hydrogen-bond acceptors (Lipinski definition) is 3. The molecule has 2 aromatic rings. The number of urea groups is 1. The minimum Gasteiger partial charge on any atom is -0.478 e. The van der Waals surface area contributed by atoms with Crippen molar-refractivity contribution in [3.63, 3.8) is 0 Å². The van der Waals surface area contributed by atoms with Gasteiger partial charge in [-0.3, -0.25) is 0 Å². The van der Waals surface area contributed by atoms with E-state index >= 15 is 0 Å². The summed E-state index contributed by atoms with van der Waals surface area (Å²) in [6, 6.07) is 14.5. The van der Waals surface area contributed by atoms with Crippen LogP contribution in [0.15, 0.2) is 54.6 Å². The summed E-state index contributed by atoms with van der Waals surface area (Å²) >= 11 is 4.10. The molecule has 0 aliphatic rings. The van der Waals surface area contributed by atoms with Gasteiger partial charge in [-0.05, 0) is 24.3 Å². The summed E-state index contributed by atoms with van der Waals surface area (Å²) in [5.41, 5.74) is 0.830. The zero-order valence-electron chi connectivity index (χ0n) is 10.4. The van der Waals surface area contributed by atoms with Crippen LogP contribution in [-0.4, -0.2) is 17.1 Å². The molecule has 0 aliphatic carbocycles. The van der Waals surface area contributed by atoms with E-state index in [-0.39, 0.29) is 11.3 Å². The number of carboxylic acids is 1. The van der Waals surface area contributed by atoms with Crippen LogP contribution in [0.1, 0.15) is 10.4 Å². The first-order valence-corrected chi connectivity index (χ1v) is 6.17. The first-order chi connectivity index (χ1) is 9.59. The van der Waals surface area contributed by atoms with Gasteiger partial charge in [-0.1, -0.05) is 43.1 Å². The summed E-state index contributed by atoms with van der Waals surface area (Å²) in [7, 11) is 0. The number of nitrogens with zero attached hydrogens (tertiary/aromatic N) is 1. The SMILES string of the molecule is O=C(O)c1ccccc1NC(=O)N(S)c1ccccc1. The van der Waals surface area contributed by atoms with Crippen molar-refractivity contribution in [3.05, 3.63) is 60.2 Å². The van der Waals surface area contributed by atoms with Gasteiger partial charge in [-0.25, -0.2) is 13.9 Å². The topological polar surface area (TPSA) is 69.6 Å². The van der Waals surface area contributed by atoms with Crippen LogP contribution in [0, 0.1) is 0 Å². The van der Waals surface area contributed by atoms with Crippen molar-refractivity contribution in [2.75, 3.05) is 9.62 Å². The Balaban J connectivity index is 2.18. The van der Waals surface area contributed by atoms with E-state index in [1.807, 2.05) is 6.07 Å². The molecule has 2 aromatic carbocycles. The van der Waals surface area contributed by atoms with Gasteiger partial charge in [0.25, 0.3) is 0 Å². The third-order valence-corrected chi connectivity index (χ3v) is 3.00. The van der Waals surface area contributed by atoms with Crippen molar-refractivity contribution in [3.8, 4) is 0 Å². The molecular weight excluding hydrogens is 276 g/mol. The first kappa shape index (κ1) is 14.0. The zero-order chi connectivity index (χ0) is 14.5. The van der Waals surface area contributed by atoms with E-state index in [2.05, 4.69) is 18.1 Å². The Bertz CT molecular complexity index is 631. The maximum absolute atomic E-state index is 12.0. The van der Waals surface area contributed by atoms with Gasteiger partial charge in [0.1, 0.15) is 0 Å². The van der Waals surface area contributed by atoms with Gasteiger partial charge in [-0.2, -0.15) is 0 Å². The van der Waals surface area contributed by atoms with Gasteiger partial charge in [0.05, 0.1) is 16.9 Å². The molecule has 0 spiro atoms. The molecule has 0 fully saturated rings. The summed E-state index contributed by atoms with van der Waals surface area (Å²) in [6.07, 6.45) is 0. The highest BCUT2D eigenvalue weighted by Crippen LogP contribution is 2.19. The number of anilines is 2. The molecule has 2 N–H and O–H groups in total. The van der Waals surface area contributed by atoms with Crippen LogP contribution >= 0.6 is 12.8 Å². The molecule has 2 amide bonds. The standard InChI is InChI=1S/C14H12N2O3S/c17-13(18)11-8-4-5-9-12(11)15-14(19)16(20)10-6-2-1-3-7-10/h1-9,20H,(H,15,19)(H,17,18). The number of thiol groups is 1. The second-order valence-corrected chi connectivity index (χ2v) is 4.33. The van der Waals surface area contributed by atoms with Crippen LogP contribution in [0.25, 0.3) is 0 Å². The number of benzene rings is 2. The molecule has 0 saturated carbocycles. The second kappa shape index (κ2) is 6.12. The highest BCUT2D eigenvalue weighted by atomic mass is 32.1. The van der Waals surface area contributed by atoms with Gasteiger partial charge in [0, 0.05) is 0 Å². The molecule has 102 valence electrons. The minimum absolute atomic E-state index is 0.0237. The maximum atomic E-state index is 12.0. The number of carboxylic acid groups (broad SMARTS) is 1. The number of rotatable bonds is 3. The van der Waals surface area contributed by atoms with Crippen LogP contribution < -0.4 is 9.62 Å². The number of carbonyl (C=O) groups is 2. The molecule has 0 heterocycles. The van der Waals surface area contributed by atoms with Crippen LogP contribution in [0.5, 0.6) is 0 Å². The predicted molar refractivity (Wildman–Crippen MR) is 80.3 cm³/mol. The van der Waals surface area contributed by atoms with Crippen LogP contribution in [0.2, 0.25) is 0 Å². The van der Waals surface area contributed by atoms with Crippen molar-refractivity contribution >= 4 is 36.2 Å². The zero-order valence-corrected chi connectivity index (χ0v) is 11.2. The summed E-state index contributed by atoms with van der Waals surface area (Å²) in [4.78, 5) is 23.1. The molecule has 0 atom stereocenters. The van der Waals surface area contributed by atoms with Crippen molar-refractivity contribution < 1.29 is 14.7 Å². The van der Waals surface area contributed by atoms with Crippen molar-refractivity contribution in [1.82, 2.24) is 0 Å². The second-order valence-electron chi connectivity index (χ2n) is 3.93. The van der Waals surface area contributed by atoms with E-state index in [1.165, 1.54) is 12.1 Å². The van der Waals surface area contributed by atoms with Crippen molar-refractivity contribution in [2.24, 2.45) is 0 Å². The number of aromatic carboxylic acids is 1. The number of para-hydroxylation sites is 2. The highest BCUT2D eigenvalue weighted by Gasteiger charge is 2.15. The quantitative estimate of drug-likeness (QED) is 0.759. The summed E-state index contributed by atoms with van der Waals surface area (Å²) in [6.45, 7) is 0. The number of carbonyl (C=O) groups excluding carboxylic acids is 1. The van der Waals surface area contributed by atoms with E-state index in [0.29, 0.717) is 5.69 Å². The van der Waals surface area contributed by atoms with E-state index in [0.717, 1.165) is 4.31 Å². The largest absolute Gasteiger partial charge is 0.478 e. The molecule has 0 aromatic heterocycles. The van der Waals surface area contributed by atoms with Crippen LogP contribution in [-0.2, 0) is 0 Å². The molecule has 0 unspecified atom stereocenters. The van der Waals surface area contributed by atoms with Gasteiger partial charge >= 0.3 is 12.0 Å². The summed E-state index contributed by atoms with van der Waals surface area (Å²) in [5.74, 6) is -1.11. The van der Waals surface area contributed by atoms with Gasteiger partial charge < -0.3 is 10.4 Å². The lowest BCUT2D eigenvalue weighted by molar-refractivity contribution is 0.0698. The normalized spacial score (nSPS) is 9.85. The smallest absolute Gasteiger partial charge is 0.337 e. The number of hydrogen-bond donors (Lipinski definition) is 3. The lowest BCUT2D eigenvalue weighted by Crippen LogP contribution is -2.27. The molecule has 6 heteroatoms. The Morgan fingerprint density at radius 1 is 1.00 bits per heavy atom. The lowest BCUT2D eigenvalue weighted by Gasteiger charge is -2.17. The Kier molecular flexibility index (Phi) is 4.27. The van der Waals surface area contributed by atoms with E-state index < -0.39 is 12.0 Å². The molecule has 2 rings (SSSR count). The van der Waals surface area contributed by atoms with Crippen LogP contribution in [0.3, 0.4) is 0 Å². The average molecular weight is 288 g/mol. The maximum Gasteiger partial charge on any atom is 0.337 e. The molecule has 0 radical (unpaired) electrons. The van der Waals surface area contributed by atoms with Crippen molar-refractivity contribution in [2.45, 2.75) is 0 Å². The Morgan fingerprint density at radius 2 is 1.60 bits per heavy atom. The van der Waals surface area contributed by atoms with Gasteiger partial charge in [0.2, 0.25) is 0 Å². The average Bonchev–Trinajstić information content (AvgIpc) is 2.47. The molecular formula is C14H12N2O3S. The molecule has 0 bridgehead atoms. The van der Waals surface area contributed by atoms with E-state index in [4.69, 9.17) is 5.11 Å². The van der Waals surface area contributed by atoms with E-state index in [9.17, 15) is 9.59 Å². The Hall–Kier alpha value is -2.47. The minimum atomic E-state index is -1.11. The fraction of sp³-hybridized carbons (Fsp3) is 0. The third kappa shape index (κ3) is 3.10. The van der Waals surface area contributed by atoms with Crippen molar-refractivity contribution in [1.29, 1.82) is 0 Å². The van der Waals surface area contributed by atoms with Gasteiger partial charge in [-0.15, -0.1) is 0 Å². The Morgan fingerprint density at radius 3 is 2.25 bits per heavy atom. The fourth-order valence-electron chi connectivity index (χ4n) is 1.63. The predicted octanol–water partition coefficient (Wildman–Crippen LogP) is 3.27. The van der Waals surface area contributed by atoms with Gasteiger partial charge in [0.15, 0.2) is 0 Å². The third-order valence-electron chi connectivity index (χ3n) is 2.59. The summed E-state index contributed by atoms with van der Waals surface area (Å²) in [5, 5.41) is 11.6. The Labute approximate surface area is 121 Å². The molecule has 5 nitrogen and oxygen atoms in total. The summed E-state index contributed by atoms with van der Waals surface area (Å²) < 4.78 is 1.11. The lowest BCUT2D eigenvalue weighted by atomic mass is 10.2. The number of nitrogens with one attached hydrogen (secondary N) is 1. The molecule has 20 heavy (non-hydrogen) atoms. The molecule has 0 aliphatic heterocycles. The van der Waals surface area contributed by atoms with Crippen LogP contribution in [0.4, 0.5) is 16.2 Å². The molecule has 0 saturated heterocycles. The fourth-order valence-corrected chi connectivity index (χ4v) is 1.82. The monoisotopic (exact) mass is 288 g/mol. The van der Waals surface area contributed by atoms with E-state index in [1.54, 1.807) is 36.4 Å². The first-order valence-electron chi connectivity index (χ1n) is 5.77. The number of amides is 2.